The van der Waals surface area contributed by atoms with Gasteiger partial charge in [-0.15, -0.1) is 0 Å². The second-order valence-electron chi connectivity index (χ2n) is 11.8. The number of unbranched alkanes of at least 4 members (excludes halogenated alkanes) is 2. The van der Waals surface area contributed by atoms with E-state index in [0.29, 0.717) is 5.57 Å². The Labute approximate surface area is 232 Å². The average molecular weight is 542 g/mol. The summed E-state index contributed by atoms with van der Waals surface area (Å²) in [7, 11) is 1.39. The van der Waals surface area contributed by atoms with E-state index in [2.05, 4.69) is 39.5 Å². The summed E-state index contributed by atoms with van der Waals surface area (Å²) in [6.45, 7) is 19.1. The van der Waals surface area contributed by atoms with Crippen molar-refractivity contribution in [2.75, 3.05) is 25.0 Å². The molecular weight excluding hydrogens is 498 g/mol. The molecule has 1 aromatic heterocycles. The first-order valence-electron chi connectivity index (χ1n) is 13.4. The summed E-state index contributed by atoms with van der Waals surface area (Å²) in [4.78, 5) is 48.0. The third-order valence-electron chi connectivity index (χ3n) is 6.42. The van der Waals surface area contributed by atoms with Crippen molar-refractivity contribution < 1.29 is 14.4 Å². The van der Waals surface area contributed by atoms with Gasteiger partial charge in [0.25, 0.3) is 11.8 Å². The standard InChI is InChI=1S/C29H43N5O3S/c1-11-13-15-33(16-14-12-2)27-31-23(28(4,5)6)22(38-27)17-20-19(3)21(18-30)25(36)34(24(20)35)32(10)26(37)29(7,8)9/h17H,11-16H2,1-10H3/b20-17-. The highest BCUT2D eigenvalue weighted by atomic mass is 32.1. The number of hydrogen-bond acceptors (Lipinski definition) is 7. The number of hydrazine groups is 1. The van der Waals surface area contributed by atoms with E-state index in [1.807, 2.05) is 6.07 Å². The van der Waals surface area contributed by atoms with Crippen molar-refractivity contribution in [3.05, 3.63) is 27.3 Å². The normalized spacial score (nSPS) is 15.8. The highest BCUT2D eigenvalue weighted by Crippen LogP contribution is 2.38. The summed E-state index contributed by atoms with van der Waals surface area (Å²) < 4.78 is 0. The molecule has 0 N–H and O–H groups in total. The van der Waals surface area contributed by atoms with Crippen molar-refractivity contribution in [2.45, 2.75) is 93.4 Å². The van der Waals surface area contributed by atoms with Gasteiger partial charge in [-0.2, -0.15) is 10.3 Å². The number of anilines is 1. The van der Waals surface area contributed by atoms with Gasteiger partial charge in [0, 0.05) is 36.5 Å². The fourth-order valence-corrected chi connectivity index (χ4v) is 5.41. The highest BCUT2D eigenvalue weighted by molar-refractivity contribution is 7.16. The molecule has 0 unspecified atom stereocenters. The van der Waals surface area contributed by atoms with Crippen molar-refractivity contribution in [1.29, 1.82) is 5.26 Å². The van der Waals surface area contributed by atoms with Gasteiger partial charge in [0.2, 0.25) is 5.91 Å². The zero-order chi connectivity index (χ0) is 29.0. The lowest BCUT2D eigenvalue weighted by molar-refractivity contribution is -0.171. The molecule has 2 rings (SSSR count). The van der Waals surface area contributed by atoms with Gasteiger partial charge in [0.05, 0.1) is 10.6 Å². The molecule has 1 aromatic rings. The van der Waals surface area contributed by atoms with Crippen molar-refractivity contribution in [2.24, 2.45) is 5.41 Å². The summed E-state index contributed by atoms with van der Waals surface area (Å²) in [5.41, 5.74) is 0.0884. The van der Waals surface area contributed by atoms with Crippen molar-refractivity contribution in [3.8, 4) is 6.07 Å². The van der Waals surface area contributed by atoms with Crippen LogP contribution in [0.25, 0.3) is 6.08 Å². The monoisotopic (exact) mass is 541 g/mol. The summed E-state index contributed by atoms with van der Waals surface area (Å²) in [6.07, 6.45) is 6.01. The second kappa shape index (κ2) is 12.2. The van der Waals surface area contributed by atoms with Crippen LogP contribution >= 0.6 is 11.3 Å². The number of nitriles is 1. The van der Waals surface area contributed by atoms with E-state index < -0.39 is 23.1 Å². The Hall–Kier alpha value is -2.99. The van der Waals surface area contributed by atoms with Crippen LogP contribution in [0.5, 0.6) is 0 Å². The number of imide groups is 1. The van der Waals surface area contributed by atoms with Gasteiger partial charge in [-0.25, -0.2) is 9.99 Å². The zero-order valence-electron chi connectivity index (χ0n) is 24.7. The van der Waals surface area contributed by atoms with Gasteiger partial charge in [0.1, 0.15) is 11.6 Å². The highest BCUT2D eigenvalue weighted by Gasteiger charge is 2.42. The van der Waals surface area contributed by atoms with E-state index in [4.69, 9.17) is 4.98 Å². The molecule has 0 aliphatic carbocycles. The Bertz CT molecular complexity index is 1170. The van der Waals surface area contributed by atoms with E-state index in [1.165, 1.54) is 18.4 Å². The summed E-state index contributed by atoms with van der Waals surface area (Å²) in [5.74, 6) is -1.83. The molecule has 0 fully saturated rings. The number of nitrogens with zero attached hydrogens (tertiary/aromatic N) is 5. The van der Waals surface area contributed by atoms with Crippen LogP contribution in [0.2, 0.25) is 0 Å². The molecule has 0 bridgehead atoms. The minimum Gasteiger partial charge on any atom is -0.348 e. The maximum absolute atomic E-state index is 13.7. The summed E-state index contributed by atoms with van der Waals surface area (Å²) >= 11 is 1.52. The Morgan fingerprint density at radius 2 is 1.61 bits per heavy atom. The maximum Gasteiger partial charge on any atom is 0.290 e. The van der Waals surface area contributed by atoms with E-state index in [9.17, 15) is 19.6 Å². The fourth-order valence-electron chi connectivity index (χ4n) is 4.14. The zero-order valence-corrected chi connectivity index (χ0v) is 25.5. The molecule has 1 aliphatic heterocycles. The van der Waals surface area contributed by atoms with Gasteiger partial charge in [-0.1, -0.05) is 79.6 Å². The lowest BCUT2D eigenvalue weighted by Gasteiger charge is -2.36. The van der Waals surface area contributed by atoms with Crippen molar-refractivity contribution >= 4 is 40.3 Å². The van der Waals surface area contributed by atoms with E-state index in [1.54, 1.807) is 33.8 Å². The SMILES string of the molecule is CCCCN(CCCC)c1nc(C(C)(C)C)c(/C=C2\C(=O)N(N(C)C(=O)C(C)(C)C)C(=O)C(C#N)=C2C)s1. The van der Waals surface area contributed by atoms with Crippen LogP contribution in [0.4, 0.5) is 5.13 Å². The van der Waals surface area contributed by atoms with E-state index in [0.717, 1.165) is 64.5 Å². The molecule has 208 valence electrons. The third-order valence-corrected chi connectivity index (χ3v) is 7.48. The van der Waals surface area contributed by atoms with Crippen molar-refractivity contribution in [1.82, 2.24) is 15.0 Å². The molecule has 9 heteroatoms. The molecular formula is C29H43N5O3S. The van der Waals surface area contributed by atoms with E-state index >= 15 is 0 Å². The maximum atomic E-state index is 13.7. The number of carbonyl (C=O) groups is 3. The van der Waals surface area contributed by atoms with Crippen LogP contribution in [-0.2, 0) is 19.8 Å². The van der Waals surface area contributed by atoms with Crippen LogP contribution in [0.1, 0.15) is 98.6 Å². The Kier molecular flexibility index (Phi) is 10.1. The molecule has 0 aromatic carbocycles. The molecule has 0 saturated carbocycles. The molecule has 3 amide bonds. The van der Waals surface area contributed by atoms with Crippen LogP contribution in [0, 0.1) is 16.7 Å². The quantitative estimate of drug-likeness (QED) is 0.287. The van der Waals surface area contributed by atoms with E-state index in [-0.39, 0.29) is 16.6 Å². The Morgan fingerprint density at radius 3 is 2.05 bits per heavy atom. The minimum atomic E-state index is -0.825. The molecule has 8 nitrogen and oxygen atoms in total. The van der Waals surface area contributed by atoms with Gasteiger partial charge in [-0.05, 0) is 31.4 Å². The molecule has 2 heterocycles. The van der Waals surface area contributed by atoms with Gasteiger partial charge in [-0.3, -0.25) is 14.4 Å². The number of rotatable bonds is 9. The number of thiazole rings is 1. The molecule has 38 heavy (non-hydrogen) atoms. The first-order chi connectivity index (χ1) is 17.6. The summed E-state index contributed by atoms with van der Waals surface area (Å²) in [5, 5.41) is 12.5. The predicted octanol–water partition coefficient (Wildman–Crippen LogP) is 5.86. The van der Waals surface area contributed by atoms with Crippen molar-refractivity contribution in [3.63, 3.8) is 0 Å². The largest absolute Gasteiger partial charge is 0.348 e. The second-order valence-corrected chi connectivity index (χ2v) is 12.8. The topological polar surface area (TPSA) is 97.6 Å². The van der Waals surface area contributed by atoms with Gasteiger partial charge >= 0.3 is 0 Å². The molecule has 0 saturated heterocycles. The first-order valence-corrected chi connectivity index (χ1v) is 14.2. The number of carbonyl (C=O) groups excluding carboxylic acids is 3. The Morgan fingerprint density at radius 1 is 1.05 bits per heavy atom. The smallest absolute Gasteiger partial charge is 0.290 e. The van der Waals surface area contributed by atoms with Gasteiger partial charge < -0.3 is 4.90 Å². The molecule has 0 atom stereocenters. The molecule has 0 spiro atoms. The van der Waals surface area contributed by atoms with Crippen LogP contribution in [-0.4, -0.2) is 52.9 Å². The van der Waals surface area contributed by atoms with Crippen LogP contribution in [0.3, 0.4) is 0 Å². The van der Waals surface area contributed by atoms with Crippen LogP contribution < -0.4 is 4.90 Å². The molecule has 0 radical (unpaired) electrons. The fraction of sp³-hybridized carbons (Fsp3) is 0.621. The van der Waals surface area contributed by atoms with Gasteiger partial charge in [0.15, 0.2) is 5.13 Å². The van der Waals surface area contributed by atoms with Crippen LogP contribution in [0.15, 0.2) is 16.7 Å². The number of amides is 3. The predicted molar refractivity (Wildman–Crippen MR) is 153 cm³/mol. The first kappa shape index (κ1) is 31.2. The summed E-state index contributed by atoms with van der Waals surface area (Å²) in [6, 6.07) is 1.95. The number of hydrogen-bond donors (Lipinski definition) is 0. The lowest BCUT2D eigenvalue weighted by atomic mass is 9.89. The number of aromatic nitrogens is 1. The third kappa shape index (κ3) is 6.71. The Balaban J connectivity index is 2.71. The molecule has 1 aliphatic rings. The average Bonchev–Trinajstić information content (AvgIpc) is 3.25. The minimum absolute atomic E-state index is 0.154. The lowest BCUT2D eigenvalue weighted by Crippen LogP contribution is -2.56.